The monoisotopic (exact) mass is 172 g/mol. The molecule has 5 nitrogen and oxygen atoms in total. The number of amides is 2. The minimum Gasteiger partial charge on any atom is -0.478 e. The molecule has 0 radical (unpaired) electrons. The van der Waals surface area contributed by atoms with Crippen LogP contribution >= 0.6 is 0 Å². The van der Waals surface area contributed by atoms with Gasteiger partial charge < -0.3 is 16.2 Å². The van der Waals surface area contributed by atoms with Crippen LogP contribution in [0.3, 0.4) is 0 Å². The Bertz CT molecular complexity index is 211. The second-order valence-electron chi connectivity index (χ2n) is 2.27. The first-order valence-electron chi connectivity index (χ1n) is 3.47. The number of carbonyl (C=O) groups is 2. The molecule has 0 aliphatic carbocycles. The van der Waals surface area contributed by atoms with Crippen molar-refractivity contribution in [1.82, 2.24) is 5.32 Å². The second kappa shape index (κ2) is 5.17. The molecule has 68 valence electrons. The van der Waals surface area contributed by atoms with Crippen molar-refractivity contribution in [3.8, 4) is 0 Å². The van der Waals surface area contributed by atoms with Gasteiger partial charge in [0, 0.05) is 12.1 Å². The van der Waals surface area contributed by atoms with E-state index in [1.807, 2.05) is 0 Å². The highest BCUT2D eigenvalue weighted by atomic mass is 16.4. The molecule has 0 aliphatic rings. The number of nitrogens with two attached hydrogens (primary N) is 1. The van der Waals surface area contributed by atoms with E-state index in [2.05, 4.69) is 5.32 Å². The molecule has 0 aromatic heterocycles. The maximum Gasteiger partial charge on any atom is 0.330 e. The number of hydrogen-bond donors (Lipinski definition) is 3. The normalized spacial score (nSPS) is 10.9. The van der Waals surface area contributed by atoms with Crippen molar-refractivity contribution in [1.29, 1.82) is 0 Å². The largest absolute Gasteiger partial charge is 0.478 e. The summed E-state index contributed by atoms with van der Waals surface area (Å²) in [6, 6.07) is -0.601. The standard InChI is InChI=1S/C7H12N2O3/c1-5(6(10)11)3-2-4-9-7(8)12/h3H,2,4H2,1H3,(H,10,11)(H3,8,9,12)/b5-3+. The molecule has 12 heavy (non-hydrogen) atoms. The van der Waals surface area contributed by atoms with E-state index in [1.54, 1.807) is 0 Å². The van der Waals surface area contributed by atoms with Crippen LogP contribution < -0.4 is 11.1 Å². The van der Waals surface area contributed by atoms with E-state index in [9.17, 15) is 9.59 Å². The maximum atomic E-state index is 10.2. The summed E-state index contributed by atoms with van der Waals surface area (Å²) >= 11 is 0. The number of rotatable bonds is 4. The molecular formula is C7H12N2O3. The fraction of sp³-hybridized carbons (Fsp3) is 0.429. The quantitative estimate of drug-likeness (QED) is 0.414. The first-order chi connectivity index (χ1) is 5.54. The van der Waals surface area contributed by atoms with Crippen LogP contribution in [0.2, 0.25) is 0 Å². The molecule has 4 N–H and O–H groups in total. The summed E-state index contributed by atoms with van der Waals surface area (Å²) in [5.41, 5.74) is 5.05. The van der Waals surface area contributed by atoms with Crippen molar-refractivity contribution in [2.24, 2.45) is 5.73 Å². The van der Waals surface area contributed by atoms with Crippen molar-refractivity contribution in [3.05, 3.63) is 11.6 Å². The van der Waals surface area contributed by atoms with Gasteiger partial charge in [-0.05, 0) is 13.3 Å². The minimum atomic E-state index is -0.950. The average molecular weight is 172 g/mol. The smallest absolute Gasteiger partial charge is 0.330 e. The maximum absolute atomic E-state index is 10.2. The SMILES string of the molecule is C/C(=C\CCNC(N)=O)C(=O)O. The van der Waals surface area contributed by atoms with Crippen molar-refractivity contribution >= 4 is 12.0 Å². The van der Waals surface area contributed by atoms with Crippen LogP contribution in [0.5, 0.6) is 0 Å². The van der Waals surface area contributed by atoms with Crippen LogP contribution in [-0.4, -0.2) is 23.7 Å². The summed E-state index contributed by atoms with van der Waals surface area (Å²) in [5, 5.41) is 10.8. The number of urea groups is 1. The molecule has 0 fully saturated rings. The number of primary amides is 1. The van der Waals surface area contributed by atoms with E-state index in [4.69, 9.17) is 10.8 Å². The molecule has 0 aliphatic heterocycles. The Labute approximate surface area is 70.2 Å². The summed E-state index contributed by atoms with van der Waals surface area (Å²) in [4.78, 5) is 20.4. The van der Waals surface area contributed by atoms with Crippen LogP contribution in [-0.2, 0) is 4.79 Å². The minimum absolute atomic E-state index is 0.265. The molecular weight excluding hydrogens is 160 g/mol. The molecule has 0 saturated heterocycles. The van der Waals surface area contributed by atoms with Gasteiger partial charge in [-0.25, -0.2) is 9.59 Å². The molecule has 0 spiro atoms. The Morgan fingerprint density at radius 2 is 2.17 bits per heavy atom. The van der Waals surface area contributed by atoms with Gasteiger partial charge in [-0.1, -0.05) is 6.08 Å². The summed E-state index contributed by atoms with van der Waals surface area (Å²) in [7, 11) is 0. The number of aliphatic carboxylic acids is 1. The number of carbonyl (C=O) groups excluding carboxylic acids is 1. The summed E-state index contributed by atoms with van der Waals surface area (Å²) in [5.74, 6) is -0.950. The third kappa shape index (κ3) is 5.28. The molecule has 0 heterocycles. The first-order valence-corrected chi connectivity index (χ1v) is 3.47. The molecule has 0 rings (SSSR count). The van der Waals surface area contributed by atoms with E-state index in [1.165, 1.54) is 13.0 Å². The zero-order chi connectivity index (χ0) is 9.56. The molecule has 0 aromatic carbocycles. The Morgan fingerprint density at radius 1 is 1.58 bits per heavy atom. The summed E-state index contributed by atoms with van der Waals surface area (Å²) in [6.45, 7) is 1.85. The lowest BCUT2D eigenvalue weighted by molar-refractivity contribution is -0.132. The van der Waals surface area contributed by atoms with E-state index in [0.29, 0.717) is 13.0 Å². The third-order valence-corrected chi connectivity index (χ3v) is 1.23. The van der Waals surface area contributed by atoms with Crippen LogP contribution in [0, 0.1) is 0 Å². The second-order valence-corrected chi connectivity index (χ2v) is 2.27. The highest BCUT2D eigenvalue weighted by molar-refractivity contribution is 5.85. The predicted octanol–water partition coefficient (Wildman–Crippen LogP) is 0.0757. The molecule has 0 unspecified atom stereocenters. The Balaban J connectivity index is 3.60. The number of hydrogen-bond acceptors (Lipinski definition) is 2. The lowest BCUT2D eigenvalue weighted by Crippen LogP contribution is -2.29. The molecule has 2 amide bonds. The van der Waals surface area contributed by atoms with Crippen LogP contribution in [0.4, 0.5) is 4.79 Å². The zero-order valence-electron chi connectivity index (χ0n) is 6.83. The van der Waals surface area contributed by atoms with Crippen molar-refractivity contribution in [3.63, 3.8) is 0 Å². The van der Waals surface area contributed by atoms with Crippen LogP contribution in [0.25, 0.3) is 0 Å². The molecule has 0 atom stereocenters. The third-order valence-electron chi connectivity index (χ3n) is 1.23. The number of carboxylic acids is 1. The summed E-state index contributed by atoms with van der Waals surface area (Å²) in [6.07, 6.45) is 2.00. The van der Waals surface area contributed by atoms with Gasteiger partial charge in [0.1, 0.15) is 0 Å². The Hall–Kier alpha value is -1.52. The average Bonchev–Trinajstić information content (AvgIpc) is 1.97. The lowest BCUT2D eigenvalue weighted by Gasteiger charge is -1.97. The van der Waals surface area contributed by atoms with Crippen molar-refractivity contribution < 1.29 is 14.7 Å². The lowest BCUT2D eigenvalue weighted by atomic mass is 10.2. The predicted molar refractivity (Wildman–Crippen MR) is 43.6 cm³/mol. The van der Waals surface area contributed by atoms with Gasteiger partial charge in [0.15, 0.2) is 0 Å². The van der Waals surface area contributed by atoms with Crippen molar-refractivity contribution in [2.75, 3.05) is 6.54 Å². The van der Waals surface area contributed by atoms with Gasteiger partial charge in [0.2, 0.25) is 0 Å². The van der Waals surface area contributed by atoms with Gasteiger partial charge in [0.25, 0.3) is 0 Å². The molecule has 0 aromatic rings. The van der Waals surface area contributed by atoms with E-state index in [-0.39, 0.29) is 5.57 Å². The summed E-state index contributed by atoms with van der Waals surface area (Å²) < 4.78 is 0. The molecule has 5 heteroatoms. The van der Waals surface area contributed by atoms with Gasteiger partial charge in [-0.3, -0.25) is 0 Å². The van der Waals surface area contributed by atoms with Crippen molar-refractivity contribution in [2.45, 2.75) is 13.3 Å². The van der Waals surface area contributed by atoms with E-state index >= 15 is 0 Å². The molecule has 0 saturated carbocycles. The van der Waals surface area contributed by atoms with Gasteiger partial charge in [-0.15, -0.1) is 0 Å². The van der Waals surface area contributed by atoms with E-state index in [0.717, 1.165) is 0 Å². The van der Waals surface area contributed by atoms with Gasteiger partial charge in [0.05, 0.1) is 0 Å². The van der Waals surface area contributed by atoms with Crippen LogP contribution in [0.1, 0.15) is 13.3 Å². The van der Waals surface area contributed by atoms with Gasteiger partial charge >= 0.3 is 12.0 Å². The van der Waals surface area contributed by atoms with Crippen LogP contribution in [0.15, 0.2) is 11.6 Å². The topological polar surface area (TPSA) is 92.4 Å². The molecule has 0 bridgehead atoms. The fourth-order valence-corrected chi connectivity index (χ4v) is 0.571. The first kappa shape index (κ1) is 10.5. The highest BCUT2D eigenvalue weighted by Crippen LogP contribution is 1.93. The van der Waals surface area contributed by atoms with E-state index < -0.39 is 12.0 Å². The fourth-order valence-electron chi connectivity index (χ4n) is 0.571. The Morgan fingerprint density at radius 3 is 2.58 bits per heavy atom. The zero-order valence-corrected chi connectivity index (χ0v) is 6.83. The highest BCUT2D eigenvalue weighted by Gasteiger charge is 1.97. The Kier molecular flexibility index (Phi) is 4.52. The number of nitrogens with one attached hydrogen (secondary N) is 1. The van der Waals surface area contributed by atoms with Gasteiger partial charge in [-0.2, -0.15) is 0 Å². The number of carboxylic acid groups (broad SMARTS) is 1.